The van der Waals surface area contributed by atoms with E-state index in [9.17, 15) is 9.59 Å². The lowest BCUT2D eigenvalue weighted by Crippen LogP contribution is -2.37. The molecule has 0 saturated carbocycles. The molecule has 0 aromatic heterocycles. The first kappa shape index (κ1) is 11.7. The van der Waals surface area contributed by atoms with E-state index < -0.39 is 5.97 Å². The highest BCUT2D eigenvalue weighted by molar-refractivity contribution is 5.73. The van der Waals surface area contributed by atoms with Crippen LogP contribution in [-0.4, -0.2) is 42.6 Å². The molecule has 0 heterocycles. The standard InChI is InChI=1S/C8H16N2O3/c1-6(4-7(11)12)5-9-8(13)10(2)3/h6H,4-5H2,1-3H3,(H,9,13)(H,11,12). The number of amides is 2. The molecular weight excluding hydrogens is 172 g/mol. The van der Waals surface area contributed by atoms with Gasteiger partial charge < -0.3 is 15.3 Å². The van der Waals surface area contributed by atoms with Gasteiger partial charge in [0.2, 0.25) is 0 Å². The molecule has 0 aliphatic heterocycles. The SMILES string of the molecule is CC(CNC(=O)N(C)C)CC(=O)O. The third-order valence-corrected chi connectivity index (χ3v) is 1.53. The van der Waals surface area contributed by atoms with Crippen molar-refractivity contribution in [1.29, 1.82) is 0 Å². The number of carbonyl (C=O) groups is 2. The highest BCUT2D eigenvalue weighted by Crippen LogP contribution is 1.99. The van der Waals surface area contributed by atoms with Crippen LogP contribution in [0, 0.1) is 5.92 Å². The first-order valence-electron chi connectivity index (χ1n) is 4.10. The number of carbonyl (C=O) groups excluding carboxylic acids is 1. The topological polar surface area (TPSA) is 69.6 Å². The zero-order chi connectivity index (χ0) is 10.4. The molecule has 13 heavy (non-hydrogen) atoms. The Morgan fingerprint density at radius 2 is 2.00 bits per heavy atom. The van der Waals surface area contributed by atoms with Crippen molar-refractivity contribution < 1.29 is 14.7 Å². The maximum atomic E-state index is 11.0. The predicted octanol–water partition coefficient (Wildman–Crippen LogP) is 0.368. The third-order valence-electron chi connectivity index (χ3n) is 1.53. The zero-order valence-corrected chi connectivity index (χ0v) is 8.20. The summed E-state index contributed by atoms with van der Waals surface area (Å²) in [5.74, 6) is -0.881. The van der Waals surface area contributed by atoms with Crippen LogP contribution < -0.4 is 5.32 Å². The van der Waals surface area contributed by atoms with E-state index in [-0.39, 0.29) is 18.4 Å². The van der Waals surface area contributed by atoms with Gasteiger partial charge in [-0.15, -0.1) is 0 Å². The minimum atomic E-state index is -0.841. The summed E-state index contributed by atoms with van der Waals surface area (Å²) in [7, 11) is 3.27. The van der Waals surface area contributed by atoms with Crippen molar-refractivity contribution in [3.05, 3.63) is 0 Å². The van der Waals surface area contributed by atoms with Crippen LogP contribution in [-0.2, 0) is 4.79 Å². The molecule has 1 atom stereocenters. The number of nitrogens with zero attached hydrogens (tertiary/aromatic N) is 1. The molecule has 0 radical (unpaired) electrons. The van der Waals surface area contributed by atoms with Crippen LogP contribution in [0.4, 0.5) is 4.79 Å². The molecule has 2 N–H and O–H groups in total. The van der Waals surface area contributed by atoms with Gasteiger partial charge in [0.25, 0.3) is 0 Å². The largest absolute Gasteiger partial charge is 0.481 e. The second-order valence-corrected chi connectivity index (χ2v) is 3.28. The van der Waals surface area contributed by atoms with Gasteiger partial charge in [-0.3, -0.25) is 4.79 Å². The highest BCUT2D eigenvalue weighted by atomic mass is 16.4. The van der Waals surface area contributed by atoms with Gasteiger partial charge in [-0.25, -0.2) is 4.79 Å². The Morgan fingerprint density at radius 3 is 2.38 bits per heavy atom. The maximum Gasteiger partial charge on any atom is 0.316 e. The van der Waals surface area contributed by atoms with Crippen LogP contribution in [0.1, 0.15) is 13.3 Å². The van der Waals surface area contributed by atoms with E-state index in [2.05, 4.69) is 5.32 Å². The summed E-state index contributed by atoms with van der Waals surface area (Å²) in [5, 5.41) is 11.0. The summed E-state index contributed by atoms with van der Waals surface area (Å²) in [5.41, 5.74) is 0. The van der Waals surface area contributed by atoms with Crippen molar-refractivity contribution in [3.8, 4) is 0 Å². The average Bonchev–Trinajstić information content (AvgIpc) is 1.98. The van der Waals surface area contributed by atoms with Crippen molar-refractivity contribution in [2.45, 2.75) is 13.3 Å². The average molecular weight is 188 g/mol. The second kappa shape index (κ2) is 5.40. The van der Waals surface area contributed by atoms with E-state index in [0.29, 0.717) is 6.54 Å². The van der Waals surface area contributed by atoms with Gasteiger partial charge in [-0.1, -0.05) is 6.92 Å². The van der Waals surface area contributed by atoms with Crippen LogP contribution >= 0.6 is 0 Å². The fraction of sp³-hybridized carbons (Fsp3) is 0.750. The first-order valence-corrected chi connectivity index (χ1v) is 4.10. The summed E-state index contributed by atoms with van der Waals surface area (Å²) in [4.78, 5) is 22.7. The molecule has 0 saturated heterocycles. The van der Waals surface area contributed by atoms with Crippen molar-refractivity contribution in [3.63, 3.8) is 0 Å². The Hall–Kier alpha value is -1.26. The number of nitrogens with one attached hydrogen (secondary N) is 1. The monoisotopic (exact) mass is 188 g/mol. The maximum absolute atomic E-state index is 11.0. The summed E-state index contributed by atoms with van der Waals surface area (Å²) in [6, 6.07) is -0.197. The molecule has 2 amide bonds. The molecule has 0 fully saturated rings. The lowest BCUT2D eigenvalue weighted by molar-refractivity contribution is -0.137. The molecule has 0 rings (SSSR count). The van der Waals surface area contributed by atoms with Gasteiger partial charge in [-0.05, 0) is 5.92 Å². The van der Waals surface area contributed by atoms with E-state index >= 15 is 0 Å². The van der Waals surface area contributed by atoms with Crippen molar-refractivity contribution in [2.75, 3.05) is 20.6 Å². The Balaban J connectivity index is 3.63. The quantitative estimate of drug-likeness (QED) is 0.669. The van der Waals surface area contributed by atoms with E-state index in [1.807, 2.05) is 0 Å². The van der Waals surface area contributed by atoms with E-state index in [1.54, 1.807) is 21.0 Å². The van der Waals surface area contributed by atoms with Gasteiger partial charge >= 0.3 is 12.0 Å². The van der Waals surface area contributed by atoms with Crippen LogP contribution in [0.5, 0.6) is 0 Å². The number of aliphatic carboxylic acids is 1. The number of hydrogen-bond donors (Lipinski definition) is 2. The van der Waals surface area contributed by atoms with E-state index in [0.717, 1.165) is 0 Å². The lowest BCUT2D eigenvalue weighted by atomic mass is 10.1. The number of hydrogen-bond acceptors (Lipinski definition) is 2. The number of carboxylic acid groups (broad SMARTS) is 1. The zero-order valence-electron chi connectivity index (χ0n) is 8.20. The fourth-order valence-electron chi connectivity index (χ4n) is 0.790. The Morgan fingerprint density at radius 1 is 1.46 bits per heavy atom. The minimum Gasteiger partial charge on any atom is -0.481 e. The molecule has 1 unspecified atom stereocenters. The lowest BCUT2D eigenvalue weighted by Gasteiger charge is -2.14. The van der Waals surface area contributed by atoms with Crippen molar-refractivity contribution in [1.82, 2.24) is 10.2 Å². The van der Waals surface area contributed by atoms with Gasteiger partial charge in [0.1, 0.15) is 0 Å². The van der Waals surface area contributed by atoms with Crippen molar-refractivity contribution in [2.24, 2.45) is 5.92 Å². The van der Waals surface area contributed by atoms with Gasteiger partial charge in [0, 0.05) is 27.1 Å². The predicted molar refractivity (Wildman–Crippen MR) is 48.5 cm³/mol. The van der Waals surface area contributed by atoms with Crippen LogP contribution in [0.3, 0.4) is 0 Å². The summed E-state index contributed by atoms with van der Waals surface area (Å²) >= 11 is 0. The second-order valence-electron chi connectivity index (χ2n) is 3.28. The van der Waals surface area contributed by atoms with Gasteiger partial charge in [0.15, 0.2) is 0 Å². The molecule has 0 aliphatic rings. The molecule has 0 aromatic carbocycles. The fourth-order valence-corrected chi connectivity index (χ4v) is 0.790. The summed E-state index contributed by atoms with van der Waals surface area (Å²) in [6.45, 7) is 2.17. The molecule has 0 bridgehead atoms. The van der Waals surface area contributed by atoms with Gasteiger partial charge in [-0.2, -0.15) is 0 Å². The molecule has 76 valence electrons. The van der Waals surface area contributed by atoms with Gasteiger partial charge in [0.05, 0.1) is 0 Å². The molecule has 5 heteroatoms. The molecule has 0 aromatic rings. The van der Waals surface area contributed by atoms with E-state index in [4.69, 9.17) is 5.11 Å². The Labute approximate surface area is 77.7 Å². The van der Waals surface area contributed by atoms with Crippen molar-refractivity contribution >= 4 is 12.0 Å². The third kappa shape index (κ3) is 5.95. The molecule has 0 spiro atoms. The highest BCUT2D eigenvalue weighted by Gasteiger charge is 2.09. The normalized spacial score (nSPS) is 11.9. The minimum absolute atomic E-state index is 0.0404. The summed E-state index contributed by atoms with van der Waals surface area (Å²) < 4.78 is 0. The first-order chi connectivity index (χ1) is 5.93. The molecule has 0 aliphatic carbocycles. The van der Waals surface area contributed by atoms with E-state index in [1.165, 1.54) is 4.90 Å². The smallest absolute Gasteiger partial charge is 0.316 e. The number of urea groups is 1. The molecule has 5 nitrogen and oxygen atoms in total. The number of carboxylic acids is 1. The van der Waals surface area contributed by atoms with Crippen LogP contribution in [0.25, 0.3) is 0 Å². The Bertz CT molecular complexity index is 192. The summed E-state index contributed by atoms with van der Waals surface area (Å²) in [6.07, 6.45) is 0.0771. The van der Waals surface area contributed by atoms with Crippen LogP contribution in [0.15, 0.2) is 0 Å². The number of rotatable bonds is 4. The Kier molecular flexibility index (Phi) is 4.87. The molecular formula is C8H16N2O3. The van der Waals surface area contributed by atoms with Crippen LogP contribution in [0.2, 0.25) is 0 Å².